The third kappa shape index (κ3) is 7.19. The molecule has 0 saturated heterocycles. The van der Waals surface area contributed by atoms with Crippen molar-refractivity contribution in [2.75, 3.05) is 0 Å². The molecule has 2 amide bonds. The average Bonchev–Trinajstić information content (AvgIpc) is 2.85. The van der Waals surface area contributed by atoms with Crippen LogP contribution in [0, 0.1) is 0 Å². The van der Waals surface area contributed by atoms with Crippen LogP contribution in [0.4, 0.5) is 0 Å². The Hall–Kier alpha value is -3.64. The Morgan fingerprint density at radius 1 is 0.788 bits per heavy atom. The molecule has 0 unspecified atom stereocenters. The van der Waals surface area contributed by atoms with E-state index >= 15 is 0 Å². The van der Waals surface area contributed by atoms with Crippen molar-refractivity contribution in [3.05, 3.63) is 96.1 Å². The Labute approximate surface area is 194 Å². The van der Waals surface area contributed by atoms with Gasteiger partial charge in [0.1, 0.15) is 11.5 Å². The third-order valence-corrected chi connectivity index (χ3v) is 5.59. The molecule has 0 aromatic heterocycles. The predicted octanol–water partition coefficient (Wildman–Crippen LogP) is 5.41. The van der Waals surface area contributed by atoms with Gasteiger partial charge < -0.3 is 10.1 Å². The standard InChI is InChI=1S/C27H30N2O4/c1-3-27(4-2,19-25(30)29-32-20-21-11-7-5-8-12-21)28-26(31)22-15-17-24(18-16-22)33-23-13-9-6-10-14-23/h5-18H,3-4,19-20H2,1-2H3,(H,28,31)(H,29,30). The normalized spacial score (nSPS) is 11.0. The van der Waals surface area contributed by atoms with Gasteiger partial charge in [0.05, 0.1) is 13.0 Å². The van der Waals surface area contributed by atoms with E-state index in [2.05, 4.69) is 10.8 Å². The van der Waals surface area contributed by atoms with Crippen molar-refractivity contribution in [2.45, 2.75) is 45.3 Å². The maximum atomic E-state index is 12.9. The fourth-order valence-corrected chi connectivity index (χ4v) is 3.45. The molecule has 0 aliphatic rings. The molecule has 3 aromatic carbocycles. The van der Waals surface area contributed by atoms with Crippen LogP contribution in [0.2, 0.25) is 0 Å². The van der Waals surface area contributed by atoms with Gasteiger partial charge in [0.25, 0.3) is 5.91 Å². The van der Waals surface area contributed by atoms with Crippen molar-refractivity contribution in [3.8, 4) is 11.5 Å². The van der Waals surface area contributed by atoms with E-state index in [1.54, 1.807) is 24.3 Å². The molecule has 6 nitrogen and oxygen atoms in total. The number of nitrogens with one attached hydrogen (secondary N) is 2. The molecule has 0 fully saturated rings. The van der Waals surface area contributed by atoms with E-state index < -0.39 is 5.54 Å². The van der Waals surface area contributed by atoms with E-state index in [4.69, 9.17) is 9.57 Å². The topological polar surface area (TPSA) is 76.7 Å². The Morgan fingerprint density at radius 2 is 1.36 bits per heavy atom. The molecule has 0 atom stereocenters. The summed E-state index contributed by atoms with van der Waals surface area (Å²) in [4.78, 5) is 30.8. The van der Waals surface area contributed by atoms with Crippen molar-refractivity contribution in [1.82, 2.24) is 10.8 Å². The first kappa shape index (κ1) is 24.0. The van der Waals surface area contributed by atoms with Crippen LogP contribution in [0.5, 0.6) is 11.5 Å². The quantitative estimate of drug-likeness (QED) is 0.386. The molecule has 3 aromatic rings. The lowest BCUT2D eigenvalue weighted by molar-refractivity contribution is -0.136. The predicted molar refractivity (Wildman–Crippen MR) is 128 cm³/mol. The fraction of sp³-hybridized carbons (Fsp3) is 0.259. The summed E-state index contributed by atoms with van der Waals surface area (Å²) in [6, 6.07) is 26.0. The molecule has 172 valence electrons. The minimum absolute atomic E-state index is 0.121. The number of ether oxygens (including phenoxy) is 1. The second-order valence-electron chi connectivity index (χ2n) is 7.86. The number of carbonyl (C=O) groups excluding carboxylic acids is 2. The summed E-state index contributed by atoms with van der Waals surface area (Å²) in [6.45, 7) is 4.19. The van der Waals surface area contributed by atoms with Gasteiger partial charge in [-0.25, -0.2) is 5.48 Å². The number of para-hydroxylation sites is 1. The highest BCUT2D eigenvalue weighted by Crippen LogP contribution is 2.23. The summed E-state index contributed by atoms with van der Waals surface area (Å²) in [5.74, 6) is 0.862. The zero-order valence-corrected chi connectivity index (χ0v) is 19.0. The molecule has 0 spiro atoms. The van der Waals surface area contributed by atoms with Gasteiger partial charge >= 0.3 is 0 Å². The molecule has 0 radical (unpaired) electrons. The molecule has 0 bridgehead atoms. The molecule has 33 heavy (non-hydrogen) atoms. The van der Waals surface area contributed by atoms with Crippen LogP contribution < -0.4 is 15.5 Å². The number of hydrogen-bond acceptors (Lipinski definition) is 4. The van der Waals surface area contributed by atoms with Crippen LogP contribution in [-0.4, -0.2) is 17.4 Å². The van der Waals surface area contributed by atoms with E-state index in [0.29, 0.717) is 24.2 Å². The Morgan fingerprint density at radius 3 is 1.97 bits per heavy atom. The summed E-state index contributed by atoms with van der Waals surface area (Å²) in [6.07, 6.45) is 1.34. The number of carbonyl (C=O) groups is 2. The lowest BCUT2D eigenvalue weighted by Crippen LogP contribution is -2.50. The van der Waals surface area contributed by atoms with E-state index in [-0.39, 0.29) is 24.8 Å². The summed E-state index contributed by atoms with van der Waals surface area (Å²) >= 11 is 0. The highest BCUT2D eigenvalue weighted by atomic mass is 16.6. The minimum atomic E-state index is -0.670. The van der Waals surface area contributed by atoms with Gasteiger partial charge in [-0.05, 0) is 54.8 Å². The highest BCUT2D eigenvalue weighted by molar-refractivity contribution is 5.95. The summed E-state index contributed by atoms with van der Waals surface area (Å²) in [5.41, 5.74) is 3.29. The molecular weight excluding hydrogens is 416 g/mol. The summed E-state index contributed by atoms with van der Waals surface area (Å²) in [5, 5.41) is 3.06. The Bertz CT molecular complexity index is 1020. The zero-order valence-electron chi connectivity index (χ0n) is 19.0. The molecule has 0 aliphatic heterocycles. The largest absolute Gasteiger partial charge is 0.457 e. The smallest absolute Gasteiger partial charge is 0.251 e. The van der Waals surface area contributed by atoms with Crippen LogP contribution in [-0.2, 0) is 16.2 Å². The fourth-order valence-electron chi connectivity index (χ4n) is 3.45. The average molecular weight is 447 g/mol. The van der Waals surface area contributed by atoms with Crippen LogP contribution in [0.15, 0.2) is 84.9 Å². The number of hydrogen-bond donors (Lipinski definition) is 2. The summed E-state index contributed by atoms with van der Waals surface area (Å²) < 4.78 is 5.78. The third-order valence-electron chi connectivity index (χ3n) is 5.59. The van der Waals surface area contributed by atoms with Crippen LogP contribution >= 0.6 is 0 Å². The van der Waals surface area contributed by atoms with E-state index in [1.807, 2.05) is 74.5 Å². The van der Waals surface area contributed by atoms with Gasteiger partial charge in [0, 0.05) is 11.1 Å². The molecule has 0 saturated carbocycles. The molecular formula is C27H30N2O4. The van der Waals surface area contributed by atoms with Crippen molar-refractivity contribution in [2.24, 2.45) is 0 Å². The molecule has 3 rings (SSSR count). The number of benzene rings is 3. The van der Waals surface area contributed by atoms with Crippen LogP contribution in [0.25, 0.3) is 0 Å². The van der Waals surface area contributed by atoms with Crippen molar-refractivity contribution >= 4 is 11.8 Å². The Balaban J connectivity index is 1.55. The van der Waals surface area contributed by atoms with Gasteiger partial charge in [0.2, 0.25) is 5.91 Å². The highest BCUT2D eigenvalue weighted by Gasteiger charge is 2.31. The number of rotatable bonds is 11. The van der Waals surface area contributed by atoms with Crippen LogP contribution in [0.1, 0.15) is 49.0 Å². The number of hydroxylamine groups is 1. The first-order valence-corrected chi connectivity index (χ1v) is 11.1. The Kier molecular flexibility index (Phi) is 8.61. The van der Waals surface area contributed by atoms with Gasteiger partial charge in [0.15, 0.2) is 0 Å². The molecule has 2 N–H and O–H groups in total. The van der Waals surface area contributed by atoms with Gasteiger partial charge in [-0.1, -0.05) is 62.4 Å². The lowest BCUT2D eigenvalue weighted by Gasteiger charge is -2.32. The first-order chi connectivity index (χ1) is 16.0. The maximum Gasteiger partial charge on any atom is 0.251 e. The van der Waals surface area contributed by atoms with Crippen molar-refractivity contribution in [3.63, 3.8) is 0 Å². The minimum Gasteiger partial charge on any atom is -0.457 e. The van der Waals surface area contributed by atoms with E-state index in [0.717, 1.165) is 11.3 Å². The van der Waals surface area contributed by atoms with Crippen LogP contribution in [0.3, 0.4) is 0 Å². The van der Waals surface area contributed by atoms with Gasteiger partial charge in [-0.3, -0.25) is 14.4 Å². The van der Waals surface area contributed by atoms with Gasteiger partial charge in [-0.15, -0.1) is 0 Å². The van der Waals surface area contributed by atoms with Crippen molar-refractivity contribution in [1.29, 1.82) is 0 Å². The van der Waals surface area contributed by atoms with Crippen molar-refractivity contribution < 1.29 is 19.2 Å². The second kappa shape index (κ2) is 11.8. The number of amides is 2. The SMILES string of the molecule is CCC(CC)(CC(=O)NOCc1ccccc1)NC(=O)c1ccc(Oc2ccccc2)cc1. The molecule has 0 heterocycles. The van der Waals surface area contributed by atoms with Gasteiger partial charge in [-0.2, -0.15) is 0 Å². The molecule has 0 aliphatic carbocycles. The monoisotopic (exact) mass is 446 g/mol. The first-order valence-electron chi connectivity index (χ1n) is 11.1. The lowest BCUT2D eigenvalue weighted by atomic mass is 9.88. The summed E-state index contributed by atoms with van der Waals surface area (Å²) in [7, 11) is 0. The molecule has 6 heteroatoms. The van der Waals surface area contributed by atoms with E-state index in [9.17, 15) is 9.59 Å². The maximum absolute atomic E-state index is 12.9. The van der Waals surface area contributed by atoms with E-state index in [1.165, 1.54) is 0 Å². The zero-order chi connectivity index (χ0) is 23.5. The second-order valence-corrected chi connectivity index (χ2v) is 7.86.